The highest BCUT2D eigenvalue weighted by Crippen LogP contribution is 2.21. The summed E-state index contributed by atoms with van der Waals surface area (Å²) in [5.41, 5.74) is 3.08. The smallest absolute Gasteiger partial charge is 0.262 e. The van der Waals surface area contributed by atoms with Gasteiger partial charge in [-0.15, -0.1) is 0 Å². The molecule has 0 aliphatic carbocycles. The number of rotatable bonds is 8. The number of carbonyl (C=O) groups is 2. The molecule has 1 saturated heterocycles. The van der Waals surface area contributed by atoms with E-state index < -0.39 is 0 Å². The molecule has 6 nitrogen and oxygen atoms in total. The Hall–Kier alpha value is -3.02. The zero-order valence-electron chi connectivity index (χ0n) is 18.8. The van der Waals surface area contributed by atoms with Crippen molar-refractivity contribution < 1.29 is 14.3 Å². The second-order valence-electron chi connectivity index (χ2n) is 8.23. The van der Waals surface area contributed by atoms with Crippen LogP contribution in [0.2, 0.25) is 0 Å². The van der Waals surface area contributed by atoms with Gasteiger partial charge in [-0.2, -0.15) is 0 Å². The summed E-state index contributed by atoms with van der Waals surface area (Å²) in [5, 5.41) is 2.87. The molecule has 2 aromatic rings. The summed E-state index contributed by atoms with van der Waals surface area (Å²) in [7, 11) is 0. The van der Waals surface area contributed by atoms with Crippen LogP contribution in [0.4, 0.5) is 11.4 Å². The number of ether oxygens (including phenoxy) is 1. The van der Waals surface area contributed by atoms with E-state index in [9.17, 15) is 9.59 Å². The van der Waals surface area contributed by atoms with E-state index in [0.29, 0.717) is 18.1 Å². The Kier molecular flexibility index (Phi) is 7.93. The number of nitrogens with zero attached hydrogens (tertiary/aromatic N) is 2. The van der Waals surface area contributed by atoms with Crippen LogP contribution in [-0.4, -0.2) is 49.5 Å². The predicted molar refractivity (Wildman–Crippen MR) is 125 cm³/mol. The first-order valence-corrected chi connectivity index (χ1v) is 11.1. The lowest BCUT2D eigenvalue weighted by Gasteiger charge is -2.36. The van der Waals surface area contributed by atoms with Gasteiger partial charge in [0.15, 0.2) is 6.61 Å². The minimum atomic E-state index is -0.191. The lowest BCUT2D eigenvalue weighted by Crippen LogP contribution is -2.48. The monoisotopic (exact) mass is 423 g/mol. The molecule has 1 aliphatic heterocycles. The lowest BCUT2D eigenvalue weighted by molar-refractivity contribution is -0.131. The molecule has 1 N–H and O–H groups in total. The number of anilines is 2. The van der Waals surface area contributed by atoms with E-state index in [-0.39, 0.29) is 18.4 Å². The highest BCUT2D eigenvalue weighted by atomic mass is 16.5. The highest BCUT2D eigenvalue weighted by Gasteiger charge is 2.20. The standard InChI is InChI=1S/C25H33N3O3/c1-4-5-25(30)28-16-14-27(15-17-28)22-10-8-21(9-11-22)26-24(29)18-31-23-12-6-20(7-13-23)19(2)3/h6-13,19H,4-5,14-18H2,1-3H3,(H,26,29). The van der Waals surface area contributed by atoms with Crippen molar-refractivity contribution in [1.29, 1.82) is 0 Å². The van der Waals surface area contributed by atoms with Crippen molar-refractivity contribution in [3.8, 4) is 5.75 Å². The summed E-state index contributed by atoms with van der Waals surface area (Å²) in [6.45, 7) is 9.45. The molecule has 0 saturated carbocycles. The van der Waals surface area contributed by atoms with E-state index >= 15 is 0 Å². The van der Waals surface area contributed by atoms with Crippen LogP contribution in [0.3, 0.4) is 0 Å². The third kappa shape index (κ3) is 6.48. The Labute approximate surface area is 185 Å². The molecule has 1 fully saturated rings. The average Bonchev–Trinajstić information content (AvgIpc) is 2.79. The van der Waals surface area contributed by atoms with Gasteiger partial charge in [-0.25, -0.2) is 0 Å². The molecule has 0 spiro atoms. The quantitative estimate of drug-likeness (QED) is 0.689. The van der Waals surface area contributed by atoms with Crippen molar-refractivity contribution in [2.24, 2.45) is 0 Å². The topological polar surface area (TPSA) is 61.9 Å². The van der Waals surface area contributed by atoms with Crippen molar-refractivity contribution in [1.82, 2.24) is 4.90 Å². The molecule has 166 valence electrons. The van der Waals surface area contributed by atoms with Crippen LogP contribution in [0.1, 0.15) is 45.1 Å². The van der Waals surface area contributed by atoms with Crippen molar-refractivity contribution in [2.45, 2.75) is 39.5 Å². The number of amides is 2. The second kappa shape index (κ2) is 10.8. The van der Waals surface area contributed by atoms with Gasteiger partial charge in [-0.1, -0.05) is 32.9 Å². The molecule has 1 aliphatic rings. The fourth-order valence-corrected chi connectivity index (χ4v) is 3.64. The molecule has 1 heterocycles. The van der Waals surface area contributed by atoms with Gasteiger partial charge < -0.3 is 19.9 Å². The van der Waals surface area contributed by atoms with E-state index in [2.05, 4.69) is 24.1 Å². The van der Waals surface area contributed by atoms with Gasteiger partial charge in [0.1, 0.15) is 5.75 Å². The molecule has 31 heavy (non-hydrogen) atoms. The molecule has 6 heteroatoms. The Morgan fingerprint density at radius 1 is 0.968 bits per heavy atom. The van der Waals surface area contributed by atoms with Crippen LogP contribution < -0.4 is 15.0 Å². The van der Waals surface area contributed by atoms with Crippen LogP contribution in [0.15, 0.2) is 48.5 Å². The number of hydrogen-bond donors (Lipinski definition) is 1. The van der Waals surface area contributed by atoms with Crippen LogP contribution in [0.25, 0.3) is 0 Å². The second-order valence-corrected chi connectivity index (χ2v) is 8.23. The van der Waals surface area contributed by atoms with E-state index in [1.165, 1.54) is 5.56 Å². The number of nitrogens with one attached hydrogen (secondary N) is 1. The van der Waals surface area contributed by atoms with Gasteiger partial charge in [0.25, 0.3) is 5.91 Å². The summed E-state index contributed by atoms with van der Waals surface area (Å²) < 4.78 is 5.59. The highest BCUT2D eigenvalue weighted by molar-refractivity contribution is 5.92. The Morgan fingerprint density at radius 2 is 1.61 bits per heavy atom. The summed E-state index contributed by atoms with van der Waals surface area (Å²) >= 11 is 0. The van der Waals surface area contributed by atoms with Gasteiger partial charge in [0, 0.05) is 44.0 Å². The maximum Gasteiger partial charge on any atom is 0.262 e. The number of piperazine rings is 1. The van der Waals surface area contributed by atoms with Gasteiger partial charge >= 0.3 is 0 Å². The number of hydrogen-bond acceptors (Lipinski definition) is 4. The minimum Gasteiger partial charge on any atom is -0.484 e. The van der Waals surface area contributed by atoms with Gasteiger partial charge in [0.2, 0.25) is 5.91 Å². The molecule has 3 rings (SSSR count). The van der Waals surface area contributed by atoms with Crippen molar-refractivity contribution >= 4 is 23.2 Å². The predicted octanol–water partition coefficient (Wildman–Crippen LogP) is 4.28. The van der Waals surface area contributed by atoms with Crippen LogP contribution >= 0.6 is 0 Å². The van der Waals surface area contributed by atoms with E-state index in [4.69, 9.17) is 4.74 Å². The number of carbonyl (C=O) groups excluding carboxylic acids is 2. The fraction of sp³-hybridized carbons (Fsp3) is 0.440. The minimum absolute atomic E-state index is 0.0312. The zero-order valence-corrected chi connectivity index (χ0v) is 18.8. The largest absolute Gasteiger partial charge is 0.484 e. The maximum atomic E-state index is 12.2. The third-order valence-corrected chi connectivity index (χ3v) is 5.53. The summed E-state index contributed by atoms with van der Waals surface area (Å²) in [4.78, 5) is 28.5. The molecule has 0 unspecified atom stereocenters. The molecular formula is C25H33N3O3. The fourth-order valence-electron chi connectivity index (χ4n) is 3.64. The molecular weight excluding hydrogens is 390 g/mol. The van der Waals surface area contributed by atoms with Crippen molar-refractivity contribution in [3.63, 3.8) is 0 Å². The molecule has 2 aromatic carbocycles. The van der Waals surface area contributed by atoms with Gasteiger partial charge in [-0.3, -0.25) is 9.59 Å². The molecule has 0 radical (unpaired) electrons. The Morgan fingerprint density at radius 3 is 2.19 bits per heavy atom. The molecule has 0 bridgehead atoms. The summed E-state index contributed by atoms with van der Waals surface area (Å²) in [6, 6.07) is 15.7. The van der Waals surface area contributed by atoms with E-state index in [1.807, 2.05) is 60.4 Å². The first kappa shape index (κ1) is 22.7. The first-order chi connectivity index (χ1) is 15.0. The first-order valence-electron chi connectivity index (χ1n) is 11.1. The Bertz CT molecular complexity index is 855. The lowest BCUT2D eigenvalue weighted by atomic mass is 10.0. The van der Waals surface area contributed by atoms with Gasteiger partial charge in [0.05, 0.1) is 0 Å². The Balaban J connectivity index is 1.45. The third-order valence-electron chi connectivity index (χ3n) is 5.53. The molecule has 0 aromatic heterocycles. The van der Waals surface area contributed by atoms with Gasteiger partial charge in [-0.05, 0) is 54.3 Å². The van der Waals surface area contributed by atoms with Crippen molar-refractivity contribution in [2.75, 3.05) is 43.0 Å². The molecule has 2 amide bonds. The molecule has 0 atom stereocenters. The zero-order chi connectivity index (χ0) is 22.2. The van der Waals surface area contributed by atoms with Crippen LogP contribution in [0.5, 0.6) is 5.75 Å². The summed E-state index contributed by atoms with van der Waals surface area (Å²) in [5.74, 6) is 1.21. The summed E-state index contributed by atoms with van der Waals surface area (Å²) in [6.07, 6.45) is 1.52. The SMILES string of the molecule is CCCC(=O)N1CCN(c2ccc(NC(=O)COc3ccc(C(C)C)cc3)cc2)CC1. The number of benzene rings is 2. The maximum absolute atomic E-state index is 12.2. The normalized spacial score (nSPS) is 13.9. The van der Waals surface area contributed by atoms with Crippen LogP contribution in [0, 0.1) is 0 Å². The average molecular weight is 424 g/mol. The van der Waals surface area contributed by atoms with Crippen LogP contribution in [-0.2, 0) is 9.59 Å². The van der Waals surface area contributed by atoms with E-state index in [1.54, 1.807) is 0 Å². The van der Waals surface area contributed by atoms with E-state index in [0.717, 1.165) is 44.0 Å². The van der Waals surface area contributed by atoms with Crippen molar-refractivity contribution in [3.05, 3.63) is 54.1 Å².